The molecule has 1 aromatic heterocycles. The van der Waals surface area contributed by atoms with Gasteiger partial charge in [-0.15, -0.1) is 0 Å². The molecule has 0 spiro atoms. The van der Waals surface area contributed by atoms with E-state index in [2.05, 4.69) is 42.8 Å². The Kier molecular flexibility index (Phi) is 5.53. The van der Waals surface area contributed by atoms with Crippen molar-refractivity contribution >= 4 is 6.09 Å². The van der Waals surface area contributed by atoms with Crippen molar-refractivity contribution in [1.82, 2.24) is 14.8 Å². The molecule has 0 aliphatic carbocycles. The van der Waals surface area contributed by atoms with E-state index in [9.17, 15) is 4.79 Å². The van der Waals surface area contributed by atoms with Crippen molar-refractivity contribution in [1.29, 1.82) is 0 Å². The molecule has 1 aliphatic rings. The van der Waals surface area contributed by atoms with E-state index in [4.69, 9.17) is 4.74 Å². The van der Waals surface area contributed by atoms with Gasteiger partial charge < -0.3 is 9.64 Å². The topological polar surface area (TPSA) is 45.7 Å². The van der Waals surface area contributed by atoms with E-state index in [0.29, 0.717) is 13.1 Å². The molecule has 24 heavy (non-hydrogen) atoms. The molecule has 1 aromatic rings. The van der Waals surface area contributed by atoms with Crippen LogP contribution < -0.4 is 0 Å². The summed E-state index contributed by atoms with van der Waals surface area (Å²) in [7, 11) is 0. The summed E-state index contributed by atoms with van der Waals surface area (Å²) in [6.45, 7) is 16.2. The van der Waals surface area contributed by atoms with Crippen LogP contribution in [0.4, 0.5) is 4.79 Å². The van der Waals surface area contributed by atoms with Crippen LogP contribution in [0.5, 0.6) is 0 Å². The van der Waals surface area contributed by atoms with Gasteiger partial charge in [0.2, 0.25) is 0 Å². The number of piperazine rings is 1. The summed E-state index contributed by atoms with van der Waals surface area (Å²) in [5.41, 5.74) is 2.02. The van der Waals surface area contributed by atoms with Gasteiger partial charge in [0, 0.05) is 38.9 Å². The Bertz CT molecular complexity index is 547. The van der Waals surface area contributed by atoms with Gasteiger partial charge in [-0.3, -0.25) is 9.88 Å². The first-order valence-corrected chi connectivity index (χ1v) is 8.70. The van der Waals surface area contributed by atoms with Gasteiger partial charge >= 0.3 is 6.09 Å². The van der Waals surface area contributed by atoms with Gasteiger partial charge in [0.15, 0.2) is 0 Å². The van der Waals surface area contributed by atoms with Crippen LogP contribution in [-0.4, -0.2) is 52.7 Å². The Morgan fingerprint density at radius 2 is 1.71 bits per heavy atom. The van der Waals surface area contributed by atoms with Crippen LogP contribution in [0.2, 0.25) is 0 Å². The molecule has 5 heteroatoms. The van der Waals surface area contributed by atoms with Crippen molar-refractivity contribution in [3.05, 3.63) is 29.6 Å². The zero-order valence-corrected chi connectivity index (χ0v) is 15.9. The summed E-state index contributed by atoms with van der Waals surface area (Å²) in [5.74, 6) is 0. The standard InChI is InChI=1S/C19H31N3O2/c1-18(2,3)15-7-8-16(20-13-15)14-21-9-11-22(12-10-21)17(23)24-19(4,5)6/h7-8,13H,9-12,14H2,1-6H3. The fourth-order valence-electron chi connectivity index (χ4n) is 2.61. The summed E-state index contributed by atoms with van der Waals surface area (Å²) >= 11 is 0. The Hall–Kier alpha value is -1.62. The van der Waals surface area contributed by atoms with Crippen molar-refractivity contribution in [3.63, 3.8) is 0 Å². The van der Waals surface area contributed by atoms with Gasteiger partial charge in [0.1, 0.15) is 5.60 Å². The number of hydrogen-bond acceptors (Lipinski definition) is 4. The summed E-state index contributed by atoms with van der Waals surface area (Å²) in [6, 6.07) is 4.28. The van der Waals surface area contributed by atoms with Crippen LogP contribution in [0.15, 0.2) is 18.3 Å². The summed E-state index contributed by atoms with van der Waals surface area (Å²) in [6.07, 6.45) is 1.77. The molecule has 1 aliphatic heterocycles. The average Bonchev–Trinajstić information content (AvgIpc) is 2.46. The monoisotopic (exact) mass is 333 g/mol. The first-order chi connectivity index (χ1) is 11.0. The minimum Gasteiger partial charge on any atom is -0.444 e. The minimum atomic E-state index is -0.438. The number of aromatic nitrogens is 1. The molecule has 134 valence electrons. The summed E-state index contributed by atoms with van der Waals surface area (Å²) in [5, 5.41) is 0. The molecular formula is C19H31N3O2. The molecule has 0 unspecified atom stereocenters. The van der Waals surface area contributed by atoms with E-state index in [1.807, 2.05) is 27.0 Å². The third kappa shape index (κ3) is 5.48. The predicted octanol–water partition coefficient (Wildman–Crippen LogP) is 3.43. The third-order valence-corrected chi connectivity index (χ3v) is 4.10. The number of carbonyl (C=O) groups excluding carboxylic acids is 1. The van der Waals surface area contributed by atoms with Crippen LogP contribution in [0.25, 0.3) is 0 Å². The number of pyridine rings is 1. The summed E-state index contributed by atoms with van der Waals surface area (Å²) in [4.78, 5) is 20.8. The van der Waals surface area contributed by atoms with Gasteiger partial charge in [-0.25, -0.2) is 4.79 Å². The molecule has 1 fully saturated rings. The lowest BCUT2D eigenvalue weighted by Gasteiger charge is -2.35. The molecular weight excluding hydrogens is 302 g/mol. The van der Waals surface area contributed by atoms with Crippen molar-refractivity contribution in [2.24, 2.45) is 0 Å². The highest BCUT2D eigenvalue weighted by atomic mass is 16.6. The molecule has 0 saturated carbocycles. The van der Waals surface area contributed by atoms with E-state index < -0.39 is 5.60 Å². The van der Waals surface area contributed by atoms with Crippen LogP contribution >= 0.6 is 0 Å². The van der Waals surface area contributed by atoms with Gasteiger partial charge in [-0.05, 0) is 37.8 Å². The van der Waals surface area contributed by atoms with Crippen LogP contribution in [0.3, 0.4) is 0 Å². The van der Waals surface area contributed by atoms with E-state index >= 15 is 0 Å². The maximum absolute atomic E-state index is 12.1. The number of amides is 1. The van der Waals surface area contributed by atoms with Crippen molar-refractivity contribution in [2.75, 3.05) is 26.2 Å². The van der Waals surface area contributed by atoms with Crippen LogP contribution in [0, 0.1) is 0 Å². The third-order valence-electron chi connectivity index (χ3n) is 4.10. The predicted molar refractivity (Wildman–Crippen MR) is 96.0 cm³/mol. The normalized spacial score (nSPS) is 17.0. The second kappa shape index (κ2) is 7.09. The molecule has 0 N–H and O–H groups in total. The molecule has 1 amide bonds. The highest BCUT2D eigenvalue weighted by Crippen LogP contribution is 2.21. The van der Waals surface area contributed by atoms with E-state index in [-0.39, 0.29) is 11.5 Å². The molecule has 0 radical (unpaired) electrons. The fraction of sp³-hybridized carbons (Fsp3) is 0.684. The quantitative estimate of drug-likeness (QED) is 0.832. The van der Waals surface area contributed by atoms with Gasteiger partial charge in [0.25, 0.3) is 0 Å². The molecule has 0 bridgehead atoms. The largest absolute Gasteiger partial charge is 0.444 e. The Labute approximate surface area is 146 Å². The average molecular weight is 333 g/mol. The van der Waals surface area contributed by atoms with Crippen LogP contribution in [-0.2, 0) is 16.7 Å². The highest BCUT2D eigenvalue weighted by molar-refractivity contribution is 5.68. The minimum absolute atomic E-state index is 0.130. The number of rotatable bonds is 2. The van der Waals surface area contributed by atoms with Gasteiger partial charge in [-0.1, -0.05) is 26.8 Å². The number of nitrogens with zero attached hydrogens (tertiary/aromatic N) is 3. The lowest BCUT2D eigenvalue weighted by molar-refractivity contribution is 0.0138. The van der Waals surface area contributed by atoms with Crippen molar-refractivity contribution < 1.29 is 9.53 Å². The number of carbonyl (C=O) groups is 1. The first kappa shape index (κ1) is 18.7. The second-order valence-electron chi connectivity index (χ2n) is 8.53. The highest BCUT2D eigenvalue weighted by Gasteiger charge is 2.26. The number of hydrogen-bond donors (Lipinski definition) is 0. The smallest absolute Gasteiger partial charge is 0.410 e. The molecule has 0 atom stereocenters. The first-order valence-electron chi connectivity index (χ1n) is 8.70. The lowest BCUT2D eigenvalue weighted by atomic mass is 9.88. The second-order valence-corrected chi connectivity index (χ2v) is 8.53. The van der Waals surface area contributed by atoms with E-state index in [1.54, 1.807) is 4.90 Å². The van der Waals surface area contributed by atoms with Crippen molar-refractivity contribution in [2.45, 2.75) is 59.1 Å². The maximum atomic E-state index is 12.1. The Balaban J connectivity index is 1.84. The van der Waals surface area contributed by atoms with Crippen molar-refractivity contribution in [3.8, 4) is 0 Å². The van der Waals surface area contributed by atoms with Gasteiger partial charge in [0.05, 0.1) is 5.69 Å². The molecule has 1 saturated heterocycles. The SMILES string of the molecule is CC(C)(C)OC(=O)N1CCN(Cc2ccc(C(C)(C)C)cn2)CC1. The summed E-state index contributed by atoms with van der Waals surface area (Å²) < 4.78 is 5.43. The van der Waals surface area contributed by atoms with Gasteiger partial charge in [-0.2, -0.15) is 0 Å². The van der Waals surface area contributed by atoms with Crippen LogP contribution in [0.1, 0.15) is 52.8 Å². The zero-order chi connectivity index (χ0) is 18.0. The van der Waals surface area contributed by atoms with E-state index in [1.165, 1.54) is 5.56 Å². The Morgan fingerprint density at radius 1 is 1.08 bits per heavy atom. The van der Waals surface area contributed by atoms with E-state index in [0.717, 1.165) is 25.3 Å². The lowest BCUT2D eigenvalue weighted by Crippen LogP contribution is -2.49. The molecule has 2 rings (SSSR count). The molecule has 5 nitrogen and oxygen atoms in total. The Morgan fingerprint density at radius 3 is 2.17 bits per heavy atom. The molecule has 0 aromatic carbocycles. The fourth-order valence-corrected chi connectivity index (χ4v) is 2.61. The zero-order valence-electron chi connectivity index (χ0n) is 15.9. The molecule has 2 heterocycles. The maximum Gasteiger partial charge on any atom is 0.410 e. The number of ether oxygens (including phenoxy) is 1.